The number of hydrogen-bond acceptors (Lipinski definition) is 4. The highest BCUT2D eigenvalue weighted by Gasteiger charge is 2.21. The number of H-pyrrole nitrogens is 1. The number of aromatic nitrogens is 1. The highest BCUT2D eigenvalue weighted by molar-refractivity contribution is 6.02. The van der Waals surface area contributed by atoms with Crippen molar-refractivity contribution in [3.05, 3.63) is 22.5 Å². The molecule has 20 heavy (non-hydrogen) atoms. The number of aryl methyl sites for hydroxylation is 1. The Balaban J connectivity index is 2.02. The molecule has 1 unspecified atom stereocenters. The van der Waals surface area contributed by atoms with Crippen LogP contribution in [0.5, 0.6) is 0 Å². The molecule has 0 saturated carbocycles. The number of ether oxygens (including phenoxy) is 1. The monoisotopic (exact) mass is 280 g/mol. The number of carbonyl (C=O) groups is 2. The number of aromatic amines is 1. The molecule has 1 fully saturated rings. The van der Waals surface area contributed by atoms with Gasteiger partial charge in [0.15, 0.2) is 12.1 Å². The average Bonchev–Trinajstić information content (AvgIpc) is 2.72. The fourth-order valence-corrected chi connectivity index (χ4v) is 2.48. The zero-order valence-corrected chi connectivity index (χ0v) is 12.0. The van der Waals surface area contributed by atoms with E-state index in [-0.39, 0.29) is 5.78 Å². The van der Waals surface area contributed by atoms with Crippen LogP contribution in [-0.4, -0.2) is 29.6 Å². The second-order valence-electron chi connectivity index (χ2n) is 5.03. The van der Waals surface area contributed by atoms with E-state index in [1.165, 1.54) is 6.92 Å². The molecule has 1 aliphatic heterocycles. The predicted octanol–water partition coefficient (Wildman–Crippen LogP) is 2.02. The molecule has 1 amide bonds. The van der Waals surface area contributed by atoms with E-state index >= 15 is 0 Å². The van der Waals surface area contributed by atoms with Crippen LogP contribution in [0.1, 0.15) is 58.3 Å². The maximum absolute atomic E-state index is 12.1. The summed E-state index contributed by atoms with van der Waals surface area (Å²) in [7, 11) is 0. The summed E-state index contributed by atoms with van der Waals surface area (Å²) in [4.78, 5) is 31.8. The molecule has 1 aromatic rings. The Kier molecular flexibility index (Phi) is 4.57. The van der Waals surface area contributed by atoms with Crippen LogP contribution in [-0.2, 0) is 9.57 Å². The lowest BCUT2D eigenvalue weighted by molar-refractivity contribution is -0.186. The second-order valence-corrected chi connectivity index (χ2v) is 5.03. The third-order valence-corrected chi connectivity index (χ3v) is 3.44. The molecule has 0 aliphatic carbocycles. The van der Waals surface area contributed by atoms with Crippen molar-refractivity contribution in [2.45, 2.75) is 46.3 Å². The van der Waals surface area contributed by atoms with Crippen LogP contribution in [0, 0.1) is 13.8 Å². The molecule has 1 aliphatic rings. The lowest BCUT2D eigenvalue weighted by Gasteiger charge is -2.22. The summed E-state index contributed by atoms with van der Waals surface area (Å²) < 4.78 is 5.36. The SMILES string of the molecule is CC(=O)c1c(C)[nH]c(C(=O)NOC2CCCCO2)c1C. The van der Waals surface area contributed by atoms with Crippen LogP contribution < -0.4 is 5.48 Å². The first kappa shape index (κ1) is 14.7. The summed E-state index contributed by atoms with van der Waals surface area (Å²) in [5.74, 6) is -0.459. The molecule has 6 heteroatoms. The first-order valence-electron chi connectivity index (χ1n) is 6.78. The van der Waals surface area contributed by atoms with E-state index in [0.29, 0.717) is 29.1 Å². The fraction of sp³-hybridized carbons (Fsp3) is 0.571. The molecule has 0 radical (unpaired) electrons. The summed E-state index contributed by atoms with van der Waals surface area (Å²) >= 11 is 0. The van der Waals surface area contributed by atoms with E-state index in [2.05, 4.69) is 10.5 Å². The van der Waals surface area contributed by atoms with Crippen molar-refractivity contribution in [3.63, 3.8) is 0 Å². The van der Waals surface area contributed by atoms with Crippen LogP contribution in [0.15, 0.2) is 0 Å². The Bertz CT molecular complexity index is 515. The van der Waals surface area contributed by atoms with Gasteiger partial charge in [-0.25, -0.2) is 10.3 Å². The standard InChI is InChI=1S/C14H20N2O4/c1-8-12(10(3)17)9(2)15-13(8)14(18)16-20-11-6-4-5-7-19-11/h11,15H,4-7H2,1-3H3,(H,16,18). The molecule has 6 nitrogen and oxygen atoms in total. The summed E-state index contributed by atoms with van der Waals surface area (Å²) in [5, 5.41) is 0. The summed E-state index contributed by atoms with van der Waals surface area (Å²) in [5.41, 5.74) is 4.62. The minimum absolute atomic E-state index is 0.0631. The maximum atomic E-state index is 12.1. The maximum Gasteiger partial charge on any atom is 0.291 e. The Morgan fingerprint density at radius 2 is 2.10 bits per heavy atom. The molecular weight excluding hydrogens is 260 g/mol. The smallest absolute Gasteiger partial charge is 0.291 e. The number of carbonyl (C=O) groups excluding carboxylic acids is 2. The third-order valence-electron chi connectivity index (χ3n) is 3.44. The normalized spacial score (nSPS) is 18.9. The van der Waals surface area contributed by atoms with E-state index in [0.717, 1.165) is 19.3 Å². The van der Waals surface area contributed by atoms with Gasteiger partial charge in [-0.05, 0) is 39.2 Å². The zero-order valence-electron chi connectivity index (χ0n) is 12.0. The predicted molar refractivity (Wildman–Crippen MR) is 72.4 cm³/mol. The zero-order chi connectivity index (χ0) is 14.7. The number of amides is 1. The van der Waals surface area contributed by atoms with Crippen molar-refractivity contribution < 1.29 is 19.2 Å². The number of nitrogens with one attached hydrogen (secondary N) is 2. The second kappa shape index (κ2) is 6.19. The largest absolute Gasteiger partial charge is 0.354 e. The molecular formula is C14H20N2O4. The van der Waals surface area contributed by atoms with Crippen LogP contribution in [0.3, 0.4) is 0 Å². The Hall–Kier alpha value is -1.66. The molecule has 2 heterocycles. The third kappa shape index (κ3) is 3.08. The van der Waals surface area contributed by atoms with Crippen molar-refractivity contribution >= 4 is 11.7 Å². The summed E-state index contributed by atoms with van der Waals surface area (Å²) in [6.07, 6.45) is 2.42. The van der Waals surface area contributed by atoms with Gasteiger partial charge in [0.25, 0.3) is 5.91 Å². The number of rotatable bonds is 4. The molecule has 110 valence electrons. The van der Waals surface area contributed by atoms with Crippen molar-refractivity contribution in [1.29, 1.82) is 0 Å². The van der Waals surface area contributed by atoms with Crippen molar-refractivity contribution in [3.8, 4) is 0 Å². The van der Waals surface area contributed by atoms with Gasteiger partial charge < -0.3 is 9.72 Å². The molecule has 1 aromatic heterocycles. The van der Waals surface area contributed by atoms with E-state index in [1.807, 2.05) is 0 Å². The van der Waals surface area contributed by atoms with Crippen LogP contribution in [0.25, 0.3) is 0 Å². The molecule has 2 rings (SSSR count). The van der Waals surface area contributed by atoms with E-state index < -0.39 is 12.2 Å². The van der Waals surface area contributed by atoms with Crippen molar-refractivity contribution in [2.75, 3.05) is 6.61 Å². The van der Waals surface area contributed by atoms with Gasteiger partial charge in [0.2, 0.25) is 0 Å². The fourth-order valence-electron chi connectivity index (χ4n) is 2.48. The Labute approximate surface area is 117 Å². The van der Waals surface area contributed by atoms with Gasteiger partial charge in [-0.3, -0.25) is 9.59 Å². The van der Waals surface area contributed by atoms with Crippen LogP contribution in [0.4, 0.5) is 0 Å². The van der Waals surface area contributed by atoms with Gasteiger partial charge in [0.05, 0.1) is 0 Å². The lowest BCUT2D eigenvalue weighted by atomic mass is 10.1. The van der Waals surface area contributed by atoms with Crippen LogP contribution in [0.2, 0.25) is 0 Å². The Morgan fingerprint density at radius 1 is 1.35 bits per heavy atom. The van der Waals surface area contributed by atoms with Gasteiger partial charge in [-0.15, -0.1) is 0 Å². The molecule has 0 aromatic carbocycles. The molecule has 2 N–H and O–H groups in total. The minimum atomic E-state index is -0.396. The Morgan fingerprint density at radius 3 is 2.65 bits per heavy atom. The minimum Gasteiger partial charge on any atom is -0.354 e. The molecule has 1 saturated heterocycles. The summed E-state index contributed by atoms with van der Waals surface area (Å²) in [6, 6.07) is 0. The summed E-state index contributed by atoms with van der Waals surface area (Å²) in [6.45, 7) is 5.64. The first-order valence-corrected chi connectivity index (χ1v) is 6.78. The highest BCUT2D eigenvalue weighted by atomic mass is 16.8. The van der Waals surface area contributed by atoms with Gasteiger partial charge in [-0.2, -0.15) is 0 Å². The molecule has 1 atom stereocenters. The highest BCUT2D eigenvalue weighted by Crippen LogP contribution is 2.19. The van der Waals surface area contributed by atoms with Gasteiger partial charge in [-0.1, -0.05) is 0 Å². The number of hydrogen-bond donors (Lipinski definition) is 2. The first-order chi connectivity index (χ1) is 9.50. The van der Waals surface area contributed by atoms with E-state index in [4.69, 9.17) is 9.57 Å². The number of Topliss-reactive ketones (excluding diaryl/α,β-unsaturated/α-hetero) is 1. The number of hydroxylamine groups is 1. The van der Waals surface area contributed by atoms with Gasteiger partial charge in [0, 0.05) is 24.3 Å². The number of ketones is 1. The van der Waals surface area contributed by atoms with Crippen molar-refractivity contribution in [1.82, 2.24) is 10.5 Å². The molecule has 0 spiro atoms. The van der Waals surface area contributed by atoms with E-state index in [1.54, 1.807) is 13.8 Å². The average molecular weight is 280 g/mol. The van der Waals surface area contributed by atoms with Gasteiger partial charge >= 0.3 is 0 Å². The topological polar surface area (TPSA) is 80.4 Å². The molecule has 0 bridgehead atoms. The van der Waals surface area contributed by atoms with Gasteiger partial charge in [0.1, 0.15) is 5.69 Å². The van der Waals surface area contributed by atoms with Crippen LogP contribution >= 0.6 is 0 Å². The quantitative estimate of drug-likeness (QED) is 0.653. The lowest BCUT2D eigenvalue weighted by Crippen LogP contribution is -2.33. The van der Waals surface area contributed by atoms with Crippen molar-refractivity contribution in [2.24, 2.45) is 0 Å². The van der Waals surface area contributed by atoms with E-state index in [9.17, 15) is 9.59 Å².